The molecule has 2 nitrogen and oxygen atoms in total. The molecule has 1 unspecified atom stereocenters. The van der Waals surface area contributed by atoms with Crippen LogP contribution >= 0.6 is 11.6 Å². The molecule has 1 rings (SSSR count). The highest BCUT2D eigenvalue weighted by Crippen LogP contribution is 2.23. The van der Waals surface area contributed by atoms with Crippen molar-refractivity contribution in [3.05, 3.63) is 34.6 Å². The number of nitrogens with one attached hydrogen (secondary N) is 1. The zero-order chi connectivity index (χ0) is 14.1. The minimum absolute atomic E-state index is 0.0242. The summed E-state index contributed by atoms with van der Waals surface area (Å²) in [6, 6.07) is 4.81. The van der Waals surface area contributed by atoms with Gasteiger partial charge in [0.05, 0.1) is 0 Å². The van der Waals surface area contributed by atoms with Gasteiger partial charge in [-0.25, -0.2) is 4.39 Å². The molecular formula is C15H23ClFNO. The lowest BCUT2D eigenvalue weighted by atomic mass is 10.0. The van der Waals surface area contributed by atoms with Crippen LogP contribution < -0.4 is 5.32 Å². The number of hydrogen-bond acceptors (Lipinski definition) is 2. The standard InChI is InChI=1S/C15H23ClFNO/c1-3-5-9-19-10-8-15(18-4-2)13-7-6-12(16)11-14(13)17/h6-7,11,15,18H,3-5,8-10H2,1-2H3. The average Bonchev–Trinajstić information content (AvgIpc) is 2.38. The number of benzene rings is 1. The van der Waals surface area contributed by atoms with Gasteiger partial charge in [0.25, 0.3) is 0 Å². The van der Waals surface area contributed by atoms with E-state index in [2.05, 4.69) is 12.2 Å². The second-order valence-electron chi connectivity index (χ2n) is 4.53. The number of unbranched alkanes of at least 4 members (excludes halogenated alkanes) is 1. The van der Waals surface area contributed by atoms with E-state index in [0.717, 1.165) is 32.4 Å². The molecule has 1 aromatic carbocycles. The first-order valence-electron chi connectivity index (χ1n) is 6.95. The van der Waals surface area contributed by atoms with Crippen molar-refractivity contribution in [1.82, 2.24) is 5.32 Å². The minimum atomic E-state index is -0.257. The van der Waals surface area contributed by atoms with Gasteiger partial charge in [-0.1, -0.05) is 37.9 Å². The Hall–Kier alpha value is -0.640. The molecule has 0 aromatic heterocycles. The summed E-state index contributed by atoms with van der Waals surface area (Å²) in [6.45, 7) is 6.35. The predicted octanol–water partition coefficient (Wildman–Crippen LogP) is 4.34. The van der Waals surface area contributed by atoms with Crippen LogP contribution in [0, 0.1) is 5.82 Å². The van der Waals surface area contributed by atoms with E-state index < -0.39 is 0 Å². The first-order chi connectivity index (χ1) is 9.19. The topological polar surface area (TPSA) is 21.3 Å². The molecule has 0 aliphatic carbocycles. The summed E-state index contributed by atoms with van der Waals surface area (Å²) in [5.74, 6) is -0.257. The van der Waals surface area contributed by atoms with Crippen LogP contribution in [0.15, 0.2) is 18.2 Å². The zero-order valence-corrected chi connectivity index (χ0v) is 12.5. The largest absolute Gasteiger partial charge is 0.381 e. The van der Waals surface area contributed by atoms with Crippen molar-refractivity contribution in [2.75, 3.05) is 19.8 Å². The Morgan fingerprint density at radius 1 is 1.32 bits per heavy atom. The van der Waals surface area contributed by atoms with Gasteiger partial charge in [0.1, 0.15) is 5.82 Å². The van der Waals surface area contributed by atoms with Crippen LogP contribution in [-0.4, -0.2) is 19.8 Å². The Balaban J connectivity index is 2.55. The van der Waals surface area contributed by atoms with Crippen LogP contribution in [0.4, 0.5) is 4.39 Å². The number of halogens is 2. The normalized spacial score (nSPS) is 12.6. The van der Waals surface area contributed by atoms with Crippen LogP contribution in [0.2, 0.25) is 5.02 Å². The molecule has 0 saturated heterocycles. The van der Waals surface area contributed by atoms with Gasteiger partial charge >= 0.3 is 0 Å². The van der Waals surface area contributed by atoms with E-state index in [0.29, 0.717) is 17.2 Å². The Bertz CT molecular complexity index is 373. The summed E-state index contributed by atoms with van der Waals surface area (Å²) >= 11 is 5.78. The lowest BCUT2D eigenvalue weighted by Gasteiger charge is -2.19. The maximum atomic E-state index is 13.9. The van der Waals surface area contributed by atoms with Gasteiger partial charge in [-0.15, -0.1) is 0 Å². The molecule has 0 fully saturated rings. The average molecular weight is 288 g/mol. The second kappa shape index (κ2) is 9.29. The molecule has 0 aliphatic heterocycles. The molecule has 1 aromatic rings. The molecule has 0 bridgehead atoms. The number of ether oxygens (including phenoxy) is 1. The van der Waals surface area contributed by atoms with Crippen molar-refractivity contribution in [2.24, 2.45) is 0 Å². The van der Waals surface area contributed by atoms with Gasteiger partial charge in [-0.05, 0) is 31.5 Å². The van der Waals surface area contributed by atoms with Crippen molar-refractivity contribution in [3.8, 4) is 0 Å². The van der Waals surface area contributed by atoms with E-state index >= 15 is 0 Å². The van der Waals surface area contributed by atoms with Crippen LogP contribution in [0.3, 0.4) is 0 Å². The monoisotopic (exact) mass is 287 g/mol. The van der Waals surface area contributed by atoms with Crippen LogP contribution in [0.5, 0.6) is 0 Å². The highest BCUT2D eigenvalue weighted by atomic mass is 35.5. The fourth-order valence-electron chi connectivity index (χ4n) is 1.95. The molecule has 1 atom stereocenters. The molecule has 0 spiro atoms. The Labute approximate surface area is 120 Å². The molecule has 0 radical (unpaired) electrons. The van der Waals surface area contributed by atoms with Crippen LogP contribution in [0.25, 0.3) is 0 Å². The van der Waals surface area contributed by atoms with E-state index in [1.54, 1.807) is 12.1 Å². The number of rotatable bonds is 9. The van der Waals surface area contributed by atoms with Gasteiger partial charge < -0.3 is 10.1 Å². The van der Waals surface area contributed by atoms with E-state index in [9.17, 15) is 4.39 Å². The van der Waals surface area contributed by atoms with Gasteiger partial charge in [-0.3, -0.25) is 0 Å². The minimum Gasteiger partial charge on any atom is -0.381 e. The van der Waals surface area contributed by atoms with Crippen molar-refractivity contribution >= 4 is 11.6 Å². The highest BCUT2D eigenvalue weighted by molar-refractivity contribution is 6.30. The maximum absolute atomic E-state index is 13.9. The van der Waals surface area contributed by atoms with E-state index in [4.69, 9.17) is 16.3 Å². The quantitative estimate of drug-likeness (QED) is 0.682. The van der Waals surface area contributed by atoms with Crippen molar-refractivity contribution in [2.45, 2.75) is 39.2 Å². The summed E-state index contributed by atoms with van der Waals surface area (Å²) in [5.41, 5.74) is 0.658. The third-order valence-corrected chi connectivity index (χ3v) is 3.22. The van der Waals surface area contributed by atoms with Gasteiger partial charge in [0.15, 0.2) is 0 Å². The van der Waals surface area contributed by atoms with Gasteiger partial charge in [0.2, 0.25) is 0 Å². The second-order valence-corrected chi connectivity index (χ2v) is 4.97. The predicted molar refractivity (Wildman–Crippen MR) is 78.2 cm³/mol. The zero-order valence-electron chi connectivity index (χ0n) is 11.7. The molecule has 0 aliphatic rings. The molecule has 19 heavy (non-hydrogen) atoms. The van der Waals surface area contributed by atoms with E-state index in [1.165, 1.54) is 6.07 Å². The van der Waals surface area contributed by atoms with Crippen molar-refractivity contribution in [3.63, 3.8) is 0 Å². The molecule has 0 heterocycles. The smallest absolute Gasteiger partial charge is 0.129 e. The first-order valence-corrected chi connectivity index (χ1v) is 7.32. The first kappa shape index (κ1) is 16.4. The molecule has 108 valence electrons. The molecule has 1 N–H and O–H groups in total. The fraction of sp³-hybridized carbons (Fsp3) is 0.600. The molecule has 0 amide bonds. The summed E-state index contributed by atoms with van der Waals surface area (Å²) in [4.78, 5) is 0. The molecular weight excluding hydrogens is 265 g/mol. The van der Waals surface area contributed by atoms with Gasteiger partial charge in [0, 0.05) is 29.8 Å². The summed E-state index contributed by atoms with van der Waals surface area (Å²) in [5, 5.41) is 3.71. The van der Waals surface area contributed by atoms with E-state index in [1.807, 2.05) is 6.92 Å². The lowest BCUT2D eigenvalue weighted by Crippen LogP contribution is -2.23. The van der Waals surface area contributed by atoms with Gasteiger partial charge in [-0.2, -0.15) is 0 Å². The summed E-state index contributed by atoms with van der Waals surface area (Å²) in [7, 11) is 0. The fourth-order valence-corrected chi connectivity index (χ4v) is 2.11. The van der Waals surface area contributed by atoms with Crippen molar-refractivity contribution in [1.29, 1.82) is 0 Å². The third-order valence-electron chi connectivity index (χ3n) is 2.98. The Kier molecular flexibility index (Phi) is 8.03. The SMILES string of the molecule is CCCCOCCC(NCC)c1ccc(Cl)cc1F. The highest BCUT2D eigenvalue weighted by Gasteiger charge is 2.14. The molecule has 4 heteroatoms. The maximum Gasteiger partial charge on any atom is 0.129 e. The van der Waals surface area contributed by atoms with Crippen LogP contribution in [0.1, 0.15) is 44.7 Å². The summed E-state index contributed by atoms with van der Waals surface area (Å²) in [6.07, 6.45) is 2.96. The number of hydrogen-bond donors (Lipinski definition) is 1. The summed E-state index contributed by atoms with van der Waals surface area (Å²) < 4.78 is 19.4. The lowest BCUT2D eigenvalue weighted by molar-refractivity contribution is 0.121. The Morgan fingerprint density at radius 3 is 2.74 bits per heavy atom. The van der Waals surface area contributed by atoms with E-state index in [-0.39, 0.29) is 11.9 Å². The van der Waals surface area contributed by atoms with Crippen molar-refractivity contribution < 1.29 is 9.13 Å². The van der Waals surface area contributed by atoms with Crippen LogP contribution in [-0.2, 0) is 4.74 Å². The third kappa shape index (κ3) is 5.89. The Morgan fingerprint density at radius 2 is 2.11 bits per heavy atom. The molecule has 0 saturated carbocycles.